The molecule has 3 heteroatoms. The Morgan fingerprint density at radius 1 is 0.302 bits per heavy atom. The molecule has 53 heavy (non-hydrogen) atoms. The monoisotopic (exact) mass is 677 g/mol. The average molecular weight is 678 g/mol. The first-order valence-electron chi connectivity index (χ1n) is 18.0. The van der Waals surface area contributed by atoms with Crippen LogP contribution in [0.3, 0.4) is 0 Å². The molecule has 0 N–H and O–H groups in total. The number of anilines is 3. The molecule has 0 saturated carbocycles. The molecule has 11 rings (SSSR count). The highest BCUT2D eigenvalue weighted by Crippen LogP contribution is 2.45. The largest absolute Gasteiger partial charge is 0.456 e. The van der Waals surface area contributed by atoms with Crippen molar-refractivity contribution in [2.75, 3.05) is 4.90 Å². The first kappa shape index (κ1) is 29.6. The average Bonchev–Trinajstić information content (AvgIpc) is 3.80. The van der Waals surface area contributed by atoms with Crippen LogP contribution in [0.4, 0.5) is 17.1 Å². The van der Waals surface area contributed by atoms with E-state index in [1.807, 2.05) is 12.1 Å². The second-order valence-corrected chi connectivity index (χ2v) is 13.7. The van der Waals surface area contributed by atoms with Crippen LogP contribution in [0.5, 0.6) is 0 Å². The lowest BCUT2D eigenvalue weighted by Crippen LogP contribution is -2.10. The van der Waals surface area contributed by atoms with Crippen molar-refractivity contribution >= 4 is 82.5 Å². The molecule has 11 aromatic rings. The van der Waals surface area contributed by atoms with Gasteiger partial charge in [-0.1, -0.05) is 133 Å². The normalized spacial score (nSPS) is 11.8. The van der Waals surface area contributed by atoms with Gasteiger partial charge in [0.15, 0.2) is 5.58 Å². The fourth-order valence-electron chi connectivity index (χ4n) is 7.99. The Labute approximate surface area is 305 Å². The summed E-state index contributed by atoms with van der Waals surface area (Å²) in [5, 5.41) is 9.15. The molecule has 3 nitrogen and oxygen atoms in total. The maximum atomic E-state index is 6.87. The number of furan rings is 2. The van der Waals surface area contributed by atoms with Crippen LogP contribution in [0.2, 0.25) is 0 Å². The van der Waals surface area contributed by atoms with Gasteiger partial charge in [-0.05, 0) is 93.0 Å². The van der Waals surface area contributed by atoms with Crippen LogP contribution in [0.25, 0.3) is 87.7 Å². The van der Waals surface area contributed by atoms with Crippen molar-refractivity contribution in [1.29, 1.82) is 0 Å². The van der Waals surface area contributed by atoms with Gasteiger partial charge in [-0.15, -0.1) is 0 Å². The predicted octanol–water partition coefficient (Wildman–Crippen LogP) is 14.6. The Kier molecular flexibility index (Phi) is 6.55. The molecule has 0 radical (unpaired) electrons. The van der Waals surface area contributed by atoms with Crippen molar-refractivity contribution in [2.24, 2.45) is 0 Å². The highest BCUT2D eigenvalue weighted by molar-refractivity contribution is 6.17. The molecule has 0 aliphatic rings. The minimum atomic E-state index is 0.851. The van der Waals surface area contributed by atoms with Crippen molar-refractivity contribution in [1.82, 2.24) is 0 Å². The molecule has 0 aliphatic heterocycles. The zero-order valence-electron chi connectivity index (χ0n) is 28.7. The molecular formula is C50H31NO2. The molecule has 0 amide bonds. The number of hydrogen-bond acceptors (Lipinski definition) is 3. The van der Waals surface area contributed by atoms with E-state index in [1.165, 1.54) is 27.5 Å². The maximum Gasteiger partial charge on any atom is 0.159 e. The third-order valence-corrected chi connectivity index (χ3v) is 10.7. The molecule has 0 fully saturated rings. The fraction of sp³-hybridized carbons (Fsp3) is 0. The molecule has 0 atom stereocenters. The summed E-state index contributed by atoms with van der Waals surface area (Å²) in [6.45, 7) is 0. The third kappa shape index (κ3) is 4.82. The Morgan fingerprint density at radius 2 is 0.887 bits per heavy atom. The molecule has 2 heterocycles. The number of para-hydroxylation sites is 2. The van der Waals surface area contributed by atoms with Crippen LogP contribution in [0.15, 0.2) is 197 Å². The molecule has 248 valence electrons. The van der Waals surface area contributed by atoms with Gasteiger partial charge in [0, 0.05) is 38.3 Å². The van der Waals surface area contributed by atoms with Crippen molar-refractivity contribution < 1.29 is 8.83 Å². The molecular weight excluding hydrogens is 647 g/mol. The fourth-order valence-corrected chi connectivity index (χ4v) is 7.99. The third-order valence-electron chi connectivity index (χ3n) is 10.7. The summed E-state index contributed by atoms with van der Waals surface area (Å²) in [6, 6.07) is 66.8. The van der Waals surface area contributed by atoms with Crippen molar-refractivity contribution in [3.8, 4) is 22.3 Å². The van der Waals surface area contributed by atoms with E-state index >= 15 is 0 Å². The smallest absolute Gasteiger partial charge is 0.159 e. The Morgan fingerprint density at radius 3 is 1.72 bits per heavy atom. The van der Waals surface area contributed by atoms with E-state index in [9.17, 15) is 0 Å². The van der Waals surface area contributed by atoms with Crippen LogP contribution in [-0.4, -0.2) is 0 Å². The van der Waals surface area contributed by atoms with Crippen LogP contribution in [0.1, 0.15) is 0 Å². The maximum absolute atomic E-state index is 6.87. The van der Waals surface area contributed by atoms with Gasteiger partial charge in [0.25, 0.3) is 0 Å². The Hall–Kier alpha value is -7.10. The lowest BCUT2D eigenvalue weighted by Gasteiger charge is -2.26. The second-order valence-electron chi connectivity index (χ2n) is 13.7. The number of rotatable bonds is 5. The molecule has 0 spiro atoms. The van der Waals surface area contributed by atoms with Gasteiger partial charge in [-0.25, -0.2) is 0 Å². The molecule has 0 saturated heterocycles. The Balaban J connectivity index is 1.04. The summed E-state index contributed by atoms with van der Waals surface area (Å²) in [5.74, 6) is 0. The zero-order valence-corrected chi connectivity index (χ0v) is 28.7. The van der Waals surface area contributed by atoms with E-state index in [0.29, 0.717) is 0 Å². The van der Waals surface area contributed by atoms with Crippen molar-refractivity contribution in [3.63, 3.8) is 0 Å². The summed E-state index contributed by atoms with van der Waals surface area (Å²) < 4.78 is 13.1. The van der Waals surface area contributed by atoms with E-state index < -0.39 is 0 Å². The van der Waals surface area contributed by atoms with Gasteiger partial charge in [-0.2, -0.15) is 0 Å². The predicted molar refractivity (Wildman–Crippen MR) is 222 cm³/mol. The van der Waals surface area contributed by atoms with Crippen LogP contribution < -0.4 is 4.90 Å². The van der Waals surface area contributed by atoms with Gasteiger partial charge in [0.1, 0.15) is 16.7 Å². The number of benzene rings is 9. The van der Waals surface area contributed by atoms with Gasteiger partial charge < -0.3 is 13.7 Å². The molecule has 2 aromatic heterocycles. The van der Waals surface area contributed by atoms with Crippen LogP contribution in [-0.2, 0) is 0 Å². The van der Waals surface area contributed by atoms with E-state index in [0.717, 1.165) is 77.3 Å². The molecule has 9 aromatic carbocycles. The summed E-state index contributed by atoms with van der Waals surface area (Å²) in [4.78, 5) is 2.31. The lowest BCUT2D eigenvalue weighted by atomic mass is 9.98. The lowest BCUT2D eigenvalue weighted by molar-refractivity contribution is 0.669. The number of fused-ring (bicyclic) bond motifs is 9. The van der Waals surface area contributed by atoms with Crippen molar-refractivity contribution in [2.45, 2.75) is 0 Å². The number of nitrogens with zero attached hydrogens (tertiary/aromatic N) is 1. The van der Waals surface area contributed by atoms with Gasteiger partial charge in [-0.3, -0.25) is 0 Å². The van der Waals surface area contributed by atoms with Gasteiger partial charge >= 0.3 is 0 Å². The van der Waals surface area contributed by atoms with E-state index in [1.54, 1.807) is 0 Å². The zero-order chi connectivity index (χ0) is 34.9. The van der Waals surface area contributed by atoms with Crippen LogP contribution >= 0.6 is 0 Å². The molecule has 0 unspecified atom stereocenters. The van der Waals surface area contributed by atoms with E-state index in [4.69, 9.17) is 8.83 Å². The highest BCUT2D eigenvalue weighted by Gasteiger charge is 2.21. The van der Waals surface area contributed by atoms with Gasteiger partial charge in [0.2, 0.25) is 0 Å². The second kappa shape index (κ2) is 11.7. The van der Waals surface area contributed by atoms with Crippen LogP contribution in [0, 0.1) is 0 Å². The summed E-state index contributed by atoms with van der Waals surface area (Å²) in [6.07, 6.45) is 0. The minimum absolute atomic E-state index is 0.851. The summed E-state index contributed by atoms with van der Waals surface area (Å²) >= 11 is 0. The van der Waals surface area contributed by atoms with Crippen molar-refractivity contribution in [3.05, 3.63) is 188 Å². The quantitative estimate of drug-likeness (QED) is 0.182. The highest BCUT2D eigenvalue weighted by atomic mass is 16.3. The topological polar surface area (TPSA) is 29.5 Å². The van der Waals surface area contributed by atoms with Gasteiger partial charge in [0.05, 0.1) is 5.69 Å². The standard InChI is InChI=1S/C50H31NO2/c1-2-10-37-30-38(21-20-32(37)8-1)35-18-16-33(17-19-35)34-22-25-39(26-23-34)51(40-27-29-48-45(31-40)42-12-5-6-15-47(42)52-48)46-14-7-13-43-44-28-24-36-9-3-4-11-41(36)49(44)53-50(43)46/h1-31H. The molecule has 0 bridgehead atoms. The first-order chi connectivity index (χ1) is 26.2. The molecule has 0 aliphatic carbocycles. The Bertz CT molecular complexity index is 3170. The minimum Gasteiger partial charge on any atom is -0.456 e. The number of hydrogen-bond donors (Lipinski definition) is 0. The SMILES string of the molecule is c1ccc2cc(-c3ccc(-c4ccc(N(c5ccc6oc7ccccc7c6c5)c5cccc6c5oc5c7ccccc7ccc65)cc4)cc3)ccc2c1. The van der Waals surface area contributed by atoms with E-state index in [-0.39, 0.29) is 0 Å². The summed E-state index contributed by atoms with van der Waals surface area (Å²) in [7, 11) is 0. The van der Waals surface area contributed by atoms with E-state index in [2.05, 4.69) is 181 Å². The summed E-state index contributed by atoms with van der Waals surface area (Å²) in [5.41, 5.74) is 11.3. The first-order valence-corrected chi connectivity index (χ1v) is 18.0.